The van der Waals surface area contributed by atoms with Crippen molar-refractivity contribution in [3.8, 4) is 0 Å². The highest BCUT2D eigenvalue weighted by atomic mass is 32.1. The molecule has 0 saturated carbocycles. The summed E-state index contributed by atoms with van der Waals surface area (Å²) in [6.07, 6.45) is 1.45. The Morgan fingerprint density at radius 2 is 1.74 bits per heavy atom. The van der Waals surface area contributed by atoms with Crippen molar-refractivity contribution in [2.24, 2.45) is 0 Å². The molecule has 0 amide bonds. The molecule has 0 saturated heterocycles. The summed E-state index contributed by atoms with van der Waals surface area (Å²) < 4.78 is 0. The van der Waals surface area contributed by atoms with E-state index in [0.29, 0.717) is 0 Å². The zero-order valence-electron chi connectivity index (χ0n) is 11.9. The van der Waals surface area contributed by atoms with Crippen molar-refractivity contribution in [2.75, 3.05) is 0 Å². The standard InChI is InChI=1S/C17H22OS/c1-4-17(5-2,14-9-7-6-8-10-14)16(18)15-13(3)11-12-19-15/h6-12,16,18H,4-5H2,1-3H3. The van der Waals surface area contributed by atoms with E-state index in [1.54, 1.807) is 11.3 Å². The van der Waals surface area contributed by atoms with E-state index in [1.807, 2.05) is 6.07 Å². The molecule has 1 heterocycles. The zero-order valence-corrected chi connectivity index (χ0v) is 12.7. The van der Waals surface area contributed by atoms with Crippen molar-refractivity contribution < 1.29 is 5.11 Å². The Labute approximate surface area is 119 Å². The molecule has 1 aromatic carbocycles. The Bertz CT molecular complexity index is 511. The summed E-state index contributed by atoms with van der Waals surface area (Å²) in [6, 6.07) is 12.5. The molecular formula is C17H22OS. The monoisotopic (exact) mass is 274 g/mol. The van der Waals surface area contributed by atoms with Gasteiger partial charge in [0.25, 0.3) is 0 Å². The fraction of sp³-hybridized carbons (Fsp3) is 0.412. The Balaban J connectivity index is 2.48. The van der Waals surface area contributed by atoms with E-state index in [4.69, 9.17) is 0 Å². The van der Waals surface area contributed by atoms with Gasteiger partial charge in [-0.3, -0.25) is 0 Å². The van der Waals surface area contributed by atoms with E-state index in [-0.39, 0.29) is 5.41 Å². The van der Waals surface area contributed by atoms with Gasteiger partial charge < -0.3 is 5.11 Å². The van der Waals surface area contributed by atoms with Crippen LogP contribution in [-0.4, -0.2) is 5.11 Å². The predicted octanol–water partition coefficient (Wildman–Crippen LogP) is 4.85. The fourth-order valence-corrected chi connectivity index (χ4v) is 3.92. The minimum atomic E-state index is -0.426. The Hall–Kier alpha value is -1.12. The molecular weight excluding hydrogens is 252 g/mol. The Morgan fingerprint density at radius 1 is 1.11 bits per heavy atom. The topological polar surface area (TPSA) is 20.2 Å². The minimum absolute atomic E-state index is 0.184. The summed E-state index contributed by atoms with van der Waals surface area (Å²) in [5, 5.41) is 13.0. The van der Waals surface area contributed by atoms with Gasteiger partial charge in [-0.15, -0.1) is 11.3 Å². The Morgan fingerprint density at radius 3 is 2.21 bits per heavy atom. The van der Waals surface area contributed by atoms with Crippen LogP contribution in [0.1, 0.15) is 48.8 Å². The van der Waals surface area contributed by atoms with Gasteiger partial charge in [0.15, 0.2) is 0 Å². The molecule has 0 aliphatic rings. The Kier molecular flexibility index (Phi) is 4.43. The van der Waals surface area contributed by atoms with Gasteiger partial charge in [-0.2, -0.15) is 0 Å². The molecule has 1 nitrogen and oxygen atoms in total. The molecule has 1 N–H and O–H groups in total. The number of rotatable bonds is 5. The van der Waals surface area contributed by atoms with Gasteiger partial charge in [0.2, 0.25) is 0 Å². The van der Waals surface area contributed by atoms with Gasteiger partial charge in [0.05, 0.1) is 6.10 Å². The quantitative estimate of drug-likeness (QED) is 0.826. The number of aryl methyl sites for hydroxylation is 1. The van der Waals surface area contributed by atoms with Crippen molar-refractivity contribution in [1.29, 1.82) is 0 Å². The van der Waals surface area contributed by atoms with Crippen LogP contribution in [0, 0.1) is 6.92 Å². The van der Waals surface area contributed by atoms with Crippen LogP contribution in [-0.2, 0) is 5.41 Å². The molecule has 2 aromatic rings. The molecule has 0 fully saturated rings. The van der Waals surface area contributed by atoms with E-state index >= 15 is 0 Å². The molecule has 0 spiro atoms. The SMILES string of the molecule is CCC(CC)(c1ccccc1)C(O)c1sccc1C. The van der Waals surface area contributed by atoms with E-state index in [9.17, 15) is 5.11 Å². The largest absolute Gasteiger partial charge is 0.387 e. The van der Waals surface area contributed by atoms with E-state index < -0.39 is 6.10 Å². The van der Waals surface area contributed by atoms with Crippen molar-refractivity contribution >= 4 is 11.3 Å². The highest BCUT2D eigenvalue weighted by Gasteiger charge is 2.38. The first-order valence-electron chi connectivity index (χ1n) is 6.93. The van der Waals surface area contributed by atoms with Gasteiger partial charge in [-0.1, -0.05) is 44.2 Å². The van der Waals surface area contributed by atoms with Crippen molar-refractivity contribution in [3.05, 3.63) is 57.8 Å². The maximum atomic E-state index is 11.0. The molecule has 0 bridgehead atoms. The van der Waals surface area contributed by atoms with Gasteiger partial charge in [0, 0.05) is 10.3 Å². The molecule has 1 unspecified atom stereocenters. The van der Waals surface area contributed by atoms with E-state index in [1.165, 1.54) is 11.1 Å². The molecule has 1 atom stereocenters. The second-order valence-electron chi connectivity index (χ2n) is 5.10. The zero-order chi connectivity index (χ0) is 13.9. The molecule has 0 radical (unpaired) electrons. The highest BCUT2D eigenvalue weighted by Crippen LogP contribution is 2.45. The molecule has 2 heteroatoms. The number of aliphatic hydroxyl groups excluding tert-OH is 1. The fourth-order valence-electron chi connectivity index (χ4n) is 2.89. The average molecular weight is 274 g/mol. The molecule has 1 aromatic heterocycles. The maximum Gasteiger partial charge on any atom is 0.0980 e. The van der Waals surface area contributed by atoms with Crippen LogP contribution in [0.3, 0.4) is 0 Å². The summed E-state index contributed by atoms with van der Waals surface area (Å²) >= 11 is 1.66. The van der Waals surface area contributed by atoms with Crippen LogP contribution >= 0.6 is 11.3 Å². The van der Waals surface area contributed by atoms with Gasteiger partial charge in [-0.05, 0) is 42.3 Å². The van der Waals surface area contributed by atoms with E-state index in [2.05, 4.69) is 56.5 Å². The van der Waals surface area contributed by atoms with Crippen LogP contribution in [0.5, 0.6) is 0 Å². The third kappa shape index (κ3) is 2.47. The lowest BCUT2D eigenvalue weighted by Gasteiger charge is -2.37. The summed E-state index contributed by atoms with van der Waals surface area (Å²) in [5.74, 6) is 0. The molecule has 2 rings (SSSR count). The molecule has 0 aliphatic heterocycles. The summed E-state index contributed by atoms with van der Waals surface area (Å²) in [7, 11) is 0. The third-order valence-corrected chi connectivity index (χ3v) is 5.36. The maximum absolute atomic E-state index is 11.0. The van der Waals surface area contributed by atoms with Crippen molar-refractivity contribution in [1.82, 2.24) is 0 Å². The van der Waals surface area contributed by atoms with Crippen LogP contribution in [0.2, 0.25) is 0 Å². The van der Waals surface area contributed by atoms with Crippen LogP contribution in [0.15, 0.2) is 41.8 Å². The number of thiophene rings is 1. The number of hydrogen-bond donors (Lipinski definition) is 1. The second-order valence-corrected chi connectivity index (χ2v) is 6.05. The molecule has 102 valence electrons. The first kappa shape index (κ1) is 14.3. The smallest absolute Gasteiger partial charge is 0.0980 e. The summed E-state index contributed by atoms with van der Waals surface area (Å²) in [4.78, 5) is 1.10. The van der Waals surface area contributed by atoms with Gasteiger partial charge >= 0.3 is 0 Å². The van der Waals surface area contributed by atoms with E-state index in [0.717, 1.165) is 17.7 Å². The average Bonchev–Trinajstić information content (AvgIpc) is 2.88. The van der Waals surface area contributed by atoms with Crippen molar-refractivity contribution in [3.63, 3.8) is 0 Å². The summed E-state index contributed by atoms with van der Waals surface area (Å²) in [6.45, 7) is 6.42. The predicted molar refractivity (Wildman–Crippen MR) is 82.7 cm³/mol. The summed E-state index contributed by atoms with van der Waals surface area (Å²) in [5.41, 5.74) is 2.25. The lowest BCUT2D eigenvalue weighted by Crippen LogP contribution is -2.32. The van der Waals surface area contributed by atoms with Crippen LogP contribution in [0.4, 0.5) is 0 Å². The molecule has 19 heavy (non-hydrogen) atoms. The highest BCUT2D eigenvalue weighted by molar-refractivity contribution is 7.10. The van der Waals surface area contributed by atoms with Gasteiger partial charge in [-0.25, -0.2) is 0 Å². The number of aliphatic hydroxyl groups is 1. The lowest BCUT2D eigenvalue weighted by atomic mass is 9.70. The first-order chi connectivity index (χ1) is 9.15. The van der Waals surface area contributed by atoms with Gasteiger partial charge in [0.1, 0.15) is 0 Å². The molecule has 0 aliphatic carbocycles. The van der Waals surface area contributed by atoms with Crippen LogP contribution < -0.4 is 0 Å². The number of hydrogen-bond acceptors (Lipinski definition) is 2. The number of benzene rings is 1. The normalized spacial score (nSPS) is 13.5. The lowest BCUT2D eigenvalue weighted by molar-refractivity contribution is 0.0754. The first-order valence-corrected chi connectivity index (χ1v) is 7.81. The third-order valence-electron chi connectivity index (χ3n) is 4.28. The van der Waals surface area contributed by atoms with Crippen molar-refractivity contribution in [2.45, 2.75) is 45.1 Å². The second kappa shape index (κ2) is 5.89. The van der Waals surface area contributed by atoms with Crippen LogP contribution in [0.25, 0.3) is 0 Å². The minimum Gasteiger partial charge on any atom is -0.387 e.